The number of hydrogen-bond acceptors (Lipinski definition) is 2. The van der Waals surface area contributed by atoms with Gasteiger partial charge in [-0.1, -0.05) is 31.4 Å². The Morgan fingerprint density at radius 3 is 1.92 bits per heavy atom. The van der Waals surface area contributed by atoms with Gasteiger partial charge in [-0.3, -0.25) is 0 Å². The van der Waals surface area contributed by atoms with E-state index in [0.29, 0.717) is 6.61 Å². The highest BCUT2D eigenvalue weighted by molar-refractivity contribution is 5.81. The van der Waals surface area contributed by atoms with E-state index in [0.717, 1.165) is 11.6 Å². The summed E-state index contributed by atoms with van der Waals surface area (Å²) in [6.45, 7) is 14.3. The predicted molar refractivity (Wildman–Crippen MR) is 51.8 cm³/mol. The first-order valence-electron chi connectivity index (χ1n) is 3.65. The zero-order chi connectivity index (χ0) is 9.98. The topological polar surface area (TPSA) is 26.3 Å². The van der Waals surface area contributed by atoms with Crippen LogP contribution in [0.1, 0.15) is 13.8 Å². The van der Waals surface area contributed by atoms with Crippen LogP contribution in [0.3, 0.4) is 0 Å². The smallest absolute Gasteiger partial charge is 0.330 e. The lowest BCUT2D eigenvalue weighted by Gasteiger charge is -1.90. The van der Waals surface area contributed by atoms with E-state index in [9.17, 15) is 4.79 Å². The first-order valence-corrected chi connectivity index (χ1v) is 3.65. The van der Waals surface area contributed by atoms with Crippen molar-refractivity contribution >= 4 is 5.97 Å². The second-order valence-corrected chi connectivity index (χ2v) is 2.01. The van der Waals surface area contributed by atoms with Gasteiger partial charge >= 0.3 is 5.97 Å². The Balaban J connectivity index is 0. The maximum absolute atomic E-state index is 10.1. The molecule has 0 fully saturated rings. The van der Waals surface area contributed by atoms with E-state index in [2.05, 4.69) is 24.5 Å². The van der Waals surface area contributed by atoms with Gasteiger partial charge in [0.15, 0.2) is 0 Å². The van der Waals surface area contributed by atoms with Gasteiger partial charge in [-0.2, -0.15) is 0 Å². The van der Waals surface area contributed by atoms with Gasteiger partial charge in [-0.25, -0.2) is 4.79 Å². The summed E-state index contributed by atoms with van der Waals surface area (Å²) in [5.41, 5.74) is 1.02. The van der Waals surface area contributed by atoms with Crippen molar-refractivity contribution in [1.29, 1.82) is 0 Å². The zero-order valence-electron chi connectivity index (χ0n) is 7.80. The molecule has 0 aromatic heterocycles. The van der Waals surface area contributed by atoms with Crippen LogP contribution in [0.15, 0.2) is 37.5 Å². The molecule has 68 valence electrons. The van der Waals surface area contributed by atoms with E-state index in [-0.39, 0.29) is 5.97 Å². The SMILES string of the molecule is C=CC(=C)C.C=CC(=O)OCC. The molecule has 0 heterocycles. The molecule has 0 aliphatic heterocycles. The van der Waals surface area contributed by atoms with Gasteiger partial charge in [-0.05, 0) is 13.8 Å². The van der Waals surface area contributed by atoms with Crippen molar-refractivity contribution in [2.24, 2.45) is 0 Å². The molecule has 2 nitrogen and oxygen atoms in total. The minimum atomic E-state index is -0.359. The fraction of sp³-hybridized carbons (Fsp3) is 0.300. The molecule has 12 heavy (non-hydrogen) atoms. The number of carbonyl (C=O) groups excluding carboxylic acids is 1. The number of allylic oxidation sites excluding steroid dienone is 2. The summed E-state index contributed by atoms with van der Waals surface area (Å²) in [6.07, 6.45) is 2.86. The van der Waals surface area contributed by atoms with Gasteiger partial charge in [0.2, 0.25) is 0 Å². The fourth-order valence-electron chi connectivity index (χ4n) is 0.201. The van der Waals surface area contributed by atoms with Crippen molar-refractivity contribution in [3.8, 4) is 0 Å². The van der Waals surface area contributed by atoms with E-state index < -0.39 is 0 Å². The van der Waals surface area contributed by atoms with Crippen LogP contribution >= 0.6 is 0 Å². The molecule has 0 aliphatic rings. The Kier molecular flexibility index (Phi) is 10.7. The predicted octanol–water partition coefficient (Wildman–Crippen LogP) is 2.48. The summed E-state index contributed by atoms with van der Waals surface area (Å²) in [5, 5.41) is 0. The second-order valence-electron chi connectivity index (χ2n) is 2.01. The number of carbonyl (C=O) groups is 1. The van der Waals surface area contributed by atoms with Crippen molar-refractivity contribution in [3.05, 3.63) is 37.5 Å². The van der Waals surface area contributed by atoms with Gasteiger partial charge in [-0.15, -0.1) is 0 Å². The molecule has 0 amide bonds. The van der Waals surface area contributed by atoms with Crippen LogP contribution < -0.4 is 0 Å². The Labute approximate surface area is 74.2 Å². The molecule has 0 aromatic carbocycles. The van der Waals surface area contributed by atoms with Crippen molar-refractivity contribution in [3.63, 3.8) is 0 Å². The third-order valence-electron chi connectivity index (χ3n) is 0.802. The van der Waals surface area contributed by atoms with Crippen LogP contribution in [-0.4, -0.2) is 12.6 Å². The van der Waals surface area contributed by atoms with E-state index in [1.54, 1.807) is 13.0 Å². The van der Waals surface area contributed by atoms with Crippen LogP contribution in [0.4, 0.5) is 0 Å². The molecule has 0 rings (SSSR count). The normalized spacial score (nSPS) is 7.17. The number of esters is 1. The molecular formula is C10H16O2. The number of ether oxygens (including phenoxy) is 1. The number of hydrogen-bond donors (Lipinski definition) is 0. The molecule has 0 unspecified atom stereocenters. The Morgan fingerprint density at radius 2 is 1.83 bits per heavy atom. The largest absolute Gasteiger partial charge is 0.463 e. The van der Waals surface area contributed by atoms with Gasteiger partial charge < -0.3 is 4.74 Å². The first kappa shape index (κ1) is 13.3. The summed E-state index contributed by atoms with van der Waals surface area (Å²) in [5.74, 6) is -0.359. The van der Waals surface area contributed by atoms with Crippen molar-refractivity contribution in [2.45, 2.75) is 13.8 Å². The molecular weight excluding hydrogens is 152 g/mol. The summed E-state index contributed by atoms with van der Waals surface area (Å²) in [7, 11) is 0. The molecule has 2 heteroatoms. The van der Waals surface area contributed by atoms with Crippen molar-refractivity contribution in [1.82, 2.24) is 0 Å². The zero-order valence-corrected chi connectivity index (χ0v) is 7.80. The van der Waals surface area contributed by atoms with Crippen molar-refractivity contribution < 1.29 is 9.53 Å². The van der Waals surface area contributed by atoms with E-state index in [4.69, 9.17) is 0 Å². The molecule has 0 aromatic rings. The Bertz CT molecular complexity index is 169. The second kappa shape index (κ2) is 9.69. The van der Waals surface area contributed by atoms with Crippen LogP contribution in [0.25, 0.3) is 0 Å². The quantitative estimate of drug-likeness (QED) is 0.367. The minimum absolute atomic E-state index is 0.359. The lowest BCUT2D eigenvalue weighted by molar-refractivity contribution is -0.137. The molecule has 0 radical (unpaired) electrons. The van der Waals surface area contributed by atoms with Crippen LogP contribution in [-0.2, 0) is 9.53 Å². The summed E-state index contributed by atoms with van der Waals surface area (Å²) < 4.78 is 4.43. The molecule has 0 bridgehead atoms. The van der Waals surface area contributed by atoms with Gasteiger partial charge in [0.05, 0.1) is 6.61 Å². The fourth-order valence-corrected chi connectivity index (χ4v) is 0.201. The maximum Gasteiger partial charge on any atom is 0.330 e. The maximum atomic E-state index is 10.1. The molecule has 0 saturated heterocycles. The van der Waals surface area contributed by atoms with Crippen molar-refractivity contribution in [2.75, 3.05) is 6.61 Å². The van der Waals surface area contributed by atoms with Gasteiger partial charge in [0.1, 0.15) is 0 Å². The molecule has 0 N–H and O–H groups in total. The highest BCUT2D eigenvalue weighted by Crippen LogP contribution is 1.81. The Hall–Kier alpha value is -1.31. The van der Waals surface area contributed by atoms with Crippen LogP contribution in [0.2, 0.25) is 0 Å². The lowest BCUT2D eigenvalue weighted by Crippen LogP contribution is -1.97. The van der Waals surface area contributed by atoms with E-state index >= 15 is 0 Å². The lowest BCUT2D eigenvalue weighted by atomic mass is 10.4. The van der Waals surface area contributed by atoms with E-state index in [1.165, 1.54) is 0 Å². The third-order valence-corrected chi connectivity index (χ3v) is 0.802. The average Bonchev–Trinajstić information content (AvgIpc) is 2.06. The van der Waals surface area contributed by atoms with E-state index in [1.807, 2.05) is 6.92 Å². The standard InChI is InChI=1S/C5H8O2.C5H8/c1-3-5(6)7-4-2;1-4-5(2)3/h3H,1,4H2,2H3;4H,1-2H2,3H3. The first-order chi connectivity index (χ1) is 5.58. The third kappa shape index (κ3) is 15.9. The molecule has 0 atom stereocenters. The highest BCUT2D eigenvalue weighted by Gasteiger charge is 1.86. The summed E-state index contributed by atoms with van der Waals surface area (Å²) in [6, 6.07) is 0. The average molecular weight is 168 g/mol. The van der Waals surface area contributed by atoms with Gasteiger partial charge in [0.25, 0.3) is 0 Å². The molecule has 0 aliphatic carbocycles. The highest BCUT2D eigenvalue weighted by atomic mass is 16.5. The van der Waals surface area contributed by atoms with Crippen LogP contribution in [0, 0.1) is 0 Å². The number of rotatable bonds is 3. The summed E-state index contributed by atoms with van der Waals surface area (Å²) >= 11 is 0. The van der Waals surface area contributed by atoms with Gasteiger partial charge in [0, 0.05) is 6.08 Å². The molecule has 0 saturated carbocycles. The Morgan fingerprint density at radius 1 is 1.42 bits per heavy atom. The van der Waals surface area contributed by atoms with Crippen LogP contribution in [0.5, 0.6) is 0 Å². The summed E-state index contributed by atoms with van der Waals surface area (Å²) in [4.78, 5) is 10.1. The molecule has 0 spiro atoms. The monoisotopic (exact) mass is 168 g/mol. The minimum Gasteiger partial charge on any atom is -0.463 e.